The van der Waals surface area contributed by atoms with E-state index in [1.165, 1.54) is 0 Å². The maximum Gasteiger partial charge on any atom is 0.313 e. The van der Waals surface area contributed by atoms with E-state index in [0.29, 0.717) is 22.9 Å². The van der Waals surface area contributed by atoms with Crippen molar-refractivity contribution >= 4 is 50.3 Å². The first-order chi connectivity index (χ1) is 12.7. The maximum absolute atomic E-state index is 11.8. The van der Waals surface area contributed by atoms with E-state index >= 15 is 0 Å². The first-order valence-corrected chi connectivity index (χ1v) is 8.49. The van der Waals surface area contributed by atoms with Crippen LogP contribution in [0.5, 0.6) is 0 Å². The lowest BCUT2D eigenvalue weighted by molar-refractivity contribution is -0.142. The third-order valence-corrected chi connectivity index (χ3v) is 4.07. The van der Waals surface area contributed by atoms with Gasteiger partial charge in [0.15, 0.2) is 11.6 Å². The Kier molecular flexibility index (Phi) is 4.21. The number of carbonyl (C=O) groups excluding carboxylic acids is 1. The molecule has 4 rings (SSSR count). The van der Waals surface area contributed by atoms with E-state index in [1.807, 2.05) is 24.3 Å². The molecular formula is C15H12BrN7O3. The van der Waals surface area contributed by atoms with Crippen molar-refractivity contribution in [3.8, 4) is 0 Å². The van der Waals surface area contributed by atoms with Gasteiger partial charge in [-0.25, -0.2) is 9.61 Å². The average molecular weight is 418 g/mol. The summed E-state index contributed by atoms with van der Waals surface area (Å²) in [5.74, 6) is 0.365. The number of esters is 1. The summed E-state index contributed by atoms with van der Waals surface area (Å²) < 4.78 is 12.3. The number of benzene rings is 1. The molecule has 0 atom stereocenters. The Morgan fingerprint density at radius 3 is 2.81 bits per heavy atom. The van der Waals surface area contributed by atoms with Crippen LogP contribution in [0.2, 0.25) is 0 Å². The second-order valence-electron chi connectivity index (χ2n) is 5.26. The lowest BCUT2D eigenvalue weighted by atomic mass is 10.3. The van der Waals surface area contributed by atoms with Crippen molar-refractivity contribution in [2.45, 2.75) is 13.3 Å². The number of rotatable bonds is 5. The second-order valence-corrected chi connectivity index (χ2v) is 6.18. The largest absolute Gasteiger partial charge is 0.466 e. The predicted molar refractivity (Wildman–Crippen MR) is 93.9 cm³/mol. The molecule has 3 heterocycles. The number of aromatic nitrogens is 6. The van der Waals surface area contributed by atoms with Crippen LogP contribution in [-0.4, -0.2) is 42.5 Å². The smallest absolute Gasteiger partial charge is 0.313 e. The monoisotopic (exact) mass is 417 g/mol. The standard InChI is InChI=1S/C15H12BrN7O3/c1-2-25-11(24)7-10-19-20-14-12(17-9-5-3-8(16)4-6-9)18-13-15(23(10)14)22-26-21-13/h3-6H,2,7H2,1H3,(H,17,18,21). The van der Waals surface area contributed by atoms with Crippen LogP contribution in [-0.2, 0) is 16.0 Å². The molecule has 0 aliphatic carbocycles. The van der Waals surface area contributed by atoms with E-state index in [4.69, 9.17) is 9.37 Å². The first kappa shape index (κ1) is 16.4. The Morgan fingerprint density at radius 2 is 2.04 bits per heavy atom. The first-order valence-electron chi connectivity index (χ1n) is 7.70. The molecule has 132 valence electrons. The molecule has 0 fully saturated rings. The SMILES string of the molecule is CCOC(=O)Cc1nnc2c(Nc3ccc(Br)cc3)nc3nonc3n12. The highest BCUT2D eigenvalue weighted by molar-refractivity contribution is 9.10. The number of nitrogens with one attached hydrogen (secondary N) is 1. The zero-order chi connectivity index (χ0) is 18.1. The van der Waals surface area contributed by atoms with Crippen LogP contribution in [0.1, 0.15) is 12.7 Å². The van der Waals surface area contributed by atoms with Gasteiger partial charge in [0.2, 0.25) is 16.9 Å². The van der Waals surface area contributed by atoms with Gasteiger partial charge < -0.3 is 10.1 Å². The molecule has 1 aromatic carbocycles. The Labute approximate surface area is 154 Å². The van der Waals surface area contributed by atoms with Crippen LogP contribution in [0.3, 0.4) is 0 Å². The number of halogens is 1. The van der Waals surface area contributed by atoms with Crippen molar-refractivity contribution in [1.29, 1.82) is 0 Å². The topological polar surface area (TPSA) is 120 Å². The molecule has 0 saturated carbocycles. The molecule has 0 spiro atoms. The van der Waals surface area contributed by atoms with Crippen molar-refractivity contribution in [1.82, 2.24) is 29.9 Å². The molecule has 26 heavy (non-hydrogen) atoms. The van der Waals surface area contributed by atoms with E-state index in [2.05, 4.69) is 46.7 Å². The number of fused-ring (bicyclic) bond motifs is 3. The van der Waals surface area contributed by atoms with Gasteiger partial charge in [0.05, 0.1) is 6.61 Å². The third-order valence-electron chi connectivity index (χ3n) is 3.54. The van der Waals surface area contributed by atoms with Crippen LogP contribution >= 0.6 is 15.9 Å². The van der Waals surface area contributed by atoms with E-state index in [1.54, 1.807) is 11.3 Å². The Bertz CT molecular complexity index is 1090. The molecule has 0 saturated heterocycles. The molecule has 10 nitrogen and oxygen atoms in total. The summed E-state index contributed by atoms with van der Waals surface area (Å²) in [6.45, 7) is 2.03. The highest BCUT2D eigenvalue weighted by Gasteiger charge is 2.20. The number of carbonyl (C=O) groups is 1. The molecule has 0 aliphatic heterocycles. The van der Waals surface area contributed by atoms with Gasteiger partial charge in [0, 0.05) is 10.2 Å². The van der Waals surface area contributed by atoms with Crippen LogP contribution in [0.4, 0.5) is 11.5 Å². The van der Waals surface area contributed by atoms with Gasteiger partial charge >= 0.3 is 5.97 Å². The Hall–Kier alpha value is -3.08. The van der Waals surface area contributed by atoms with E-state index in [0.717, 1.165) is 10.2 Å². The number of nitrogens with zero attached hydrogens (tertiary/aromatic N) is 6. The fourth-order valence-electron chi connectivity index (χ4n) is 2.45. The van der Waals surface area contributed by atoms with E-state index in [-0.39, 0.29) is 18.7 Å². The average Bonchev–Trinajstić information content (AvgIpc) is 3.24. The number of hydrogen-bond donors (Lipinski definition) is 1. The van der Waals surface area contributed by atoms with Crippen molar-refractivity contribution in [2.75, 3.05) is 11.9 Å². The summed E-state index contributed by atoms with van der Waals surface area (Å²) in [5.41, 5.74) is 1.79. The van der Waals surface area contributed by atoms with E-state index in [9.17, 15) is 4.79 Å². The molecule has 4 aromatic rings. The number of ether oxygens (including phenoxy) is 1. The fourth-order valence-corrected chi connectivity index (χ4v) is 2.71. The maximum atomic E-state index is 11.8. The van der Waals surface area contributed by atoms with Gasteiger partial charge in [-0.2, -0.15) is 0 Å². The number of hydrogen-bond acceptors (Lipinski definition) is 9. The molecular weight excluding hydrogens is 406 g/mol. The minimum Gasteiger partial charge on any atom is -0.466 e. The highest BCUT2D eigenvalue weighted by Crippen LogP contribution is 2.24. The summed E-state index contributed by atoms with van der Waals surface area (Å²) in [7, 11) is 0. The van der Waals surface area contributed by atoms with Gasteiger partial charge in [-0.1, -0.05) is 15.9 Å². The summed E-state index contributed by atoms with van der Waals surface area (Å²) in [5, 5.41) is 19.0. The third kappa shape index (κ3) is 2.96. The minimum absolute atomic E-state index is 0.0568. The fraction of sp³-hybridized carbons (Fsp3) is 0.200. The van der Waals surface area contributed by atoms with Gasteiger partial charge in [0.1, 0.15) is 6.42 Å². The molecule has 0 radical (unpaired) electrons. The van der Waals surface area contributed by atoms with Gasteiger partial charge in [-0.3, -0.25) is 9.20 Å². The Balaban J connectivity index is 1.81. The van der Waals surface area contributed by atoms with Crippen molar-refractivity contribution in [3.63, 3.8) is 0 Å². The molecule has 0 aliphatic rings. The summed E-state index contributed by atoms with van der Waals surface area (Å²) in [6.07, 6.45) is -0.0568. The van der Waals surface area contributed by atoms with Crippen LogP contribution < -0.4 is 5.32 Å². The van der Waals surface area contributed by atoms with Gasteiger partial charge in [0.25, 0.3) is 0 Å². The van der Waals surface area contributed by atoms with Crippen LogP contribution in [0.25, 0.3) is 16.9 Å². The van der Waals surface area contributed by atoms with Crippen molar-refractivity contribution in [3.05, 3.63) is 34.6 Å². The summed E-state index contributed by atoms with van der Waals surface area (Å²) in [4.78, 5) is 16.2. The zero-order valence-electron chi connectivity index (χ0n) is 13.5. The van der Waals surface area contributed by atoms with Crippen LogP contribution in [0, 0.1) is 0 Å². The molecule has 0 bridgehead atoms. The molecule has 11 heteroatoms. The molecule has 0 unspecified atom stereocenters. The summed E-state index contributed by atoms with van der Waals surface area (Å²) in [6, 6.07) is 7.55. The Morgan fingerprint density at radius 1 is 1.23 bits per heavy atom. The minimum atomic E-state index is -0.411. The summed E-state index contributed by atoms with van der Waals surface area (Å²) >= 11 is 3.39. The predicted octanol–water partition coefficient (Wildman–Crippen LogP) is 2.27. The van der Waals surface area contributed by atoms with Gasteiger partial charge in [-0.05, 0) is 41.5 Å². The zero-order valence-corrected chi connectivity index (χ0v) is 15.1. The lowest BCUT2D eigenvalue weighted by Gasteiger charge is -2.07. The van der Waals surface area contributed by atoms with Crippen molar-refractivity contribution < 1.29 is 14.2 Å². The van der Waals surface area contributed by atoms with E-state index < -0.39 is 5.97 Å². The number of anilines is 2. The van der Waals surface area contributed by atoms with Gasteiger partial charge in [-0.15, -0.1) is 10.2 Å². The molecule has 3 aromatic heterocycles. The quantitative estimate of drug-likeness (QED) is 0.487. The second kappa shape index (κ2) is 6.67. The molecule has 1 N–H and O–H groups in total. The van der Waals surface area contributed by atoms with Crippen molar-refractivity contribution in [2.24, 2.45) is 0 Å². The highest BCUT2D eigenvalue weighted by atomic mass is 79.9. The lowest BCUT2D eigenvalue weighted by Crippen LogP contribution is -2.11. The van der Waals surface area contributed by atoms with Crippen LogP contribution in [0.15, 0.2) is 33.4 Å². The molecule has 0 amide bonds. The normalized spacial score (nSPS) is 11.2.